The van der Waals surface area contributed by atoms with E-state index in [1.54, 1.807) is 18.2 Å². The molecule has 2 aromatic carbocycles. The lowest BCUT2D eigenvalue weighted by molar-refractivity contribution is -0.384. The van der Waals surface area contributed by atoms with Gasteiger partial charge in [-0.05, 0) is 24.3 Å². The van der Waals surface area contributed by atoms with Crippen LogP contribution in [0.2, 0.25) is 0 Å². The van der Waals surface area contributed by atoms with Gasteiger partial charge in [0.2, 0.25) is 6.04 Å². The number of carbonyl (C=O) groups excluding carboxylic acids is 2. The Balaban J connectivity index is 1.97. The van der Waals surface area contributed by atoms with Gasteiger partial charge in [-0.15, -0.1) is 0 Å². The van der Waals surface area contributed by atoms with Gasteiger partial charge in [-0.3, -0.25) is 30.6 Å². The molecule has 0 unspecified atom stereocenters. The van der Waals surface area contributed by atoms with E-state index in [9.17, 15) is 19.7 Å². The van der Waals surface area contributed by atoms with Gasteiger partial charge in [0.15, 0.2) is 0 Å². The van der Waals surface area contributed by atoms with E-state index in [4.69, 9.17) is 11.0 Å². The van der Waals surface area contributed by atoms with Crippen LogP contribution in [0.1, 0.15) is 10.4 Å². The predicted molar refractivity (Wildman–Crippen MR) is 93.5 cm³/mol. The predicted octanol–water partition coefficient (Wildman–Crippen LogP) is 1.61. The van der Waals surface area contributed by atoms with E-state index < -0.39 is 22.8 Å². The zero-order valence-electron chi connectivity index (χ0n) is 13.7. The molecule has 27 heavy (non-hydrogen) atoms. The van der Waals surface area contributed by atoms with Crippen molar-refractivity contribution in [3.8, 4) is 6.07 Å². The maximum Gasteiger partial charge on any atom is 0.279 e. The number of hydrazine groups is 1. The van der Waals surface area contributed by atoms with Gasteiger partial charge < -0.3 is 5.73 Å². The van der Waals surface area contributed by atoms with Gasteiger partial charge in [0, 0.05) is 17.8 Å². The van der Waals surface area contributed by atoms with Gasteiger partial charge >= 0.3 is 0 Å². The van der Waals surface area contributed by atoms with Crippen molar-refractivity contribution in [2.24, 2.45) is 10.2 Å². The number of nitrogen functional groups attached to an aromatic ring is 1. The van der Waals surface area contributed by atoms with Crippen LogP contribution >= 0.6 is 0 Å². The van der Waals surface area contributed by atoms with E-state index in [-0.39, 0.29) is 22.6 Å². The molecule has 0 aromatic heterocycles. The molecule has 0 fully saturated rings. The fraction of sp³-hybridized carbons (Fsp3) is 0.0625. The maximum atomic E-state index is 11.9. The molecule has 0 saturated carbocycles. The molecule has 11 heteroatoms. The van der Waals surface area contributed by atoms with Gasteiger partial charge in [-0.25, -0.2) is 0 Å². The number of nitrogens with one attached hydrogen (secondary N) is 2. The average molecular weight is 367 g/mol. The van der Waals surface area contributed by atoms with Gasteiger partial charge in [0.05, 0.1) is 16.2 Å². The third kappa shape index (κ3) is 5.07. The molecule has 0 aliphatic heterocycles. The molecule has 1 atom stereocenters. The molecule has 136 valence electrons. The molecule has 0 spiro atoms. The Morgan fingerprint density at radius 3 is 2.41 bits per heavy atom. The summed E-state index contributed by atoms with van der Waals surface area (Å²) in [7, 11) is 0. The molecule has 0 heterocycles. The summed E-state index contributed by atoms with van der Waals surface area (Å²) >= 11 is 0. The van der Waals surface area contributed by atoms with E-state index >= 15 is 0 Å². The molecule has 0 aliphatic carbocycles. The Hall–Kier alpha value is -4.33. The number of azo groups is 1. The van der Waals surface area contributed by atoms with Crippen LogP contribution in [-0.4, -0.2) is 22.8 Å². The third-order valence-corrected chi connectivity index (χ3v) is 3.22. The van der Waals surface area contributed by atoms with Crippen molar-refractivity contribution in [1.29, 1.82) is 5.26 Å². The van der Waals surface area contributed by atoms with Gasteiger partial charge in [-0.2, -0.15) is 15.5 Å². The summed E-state index contributed by atoms with van der Waals surface area (Å²) in [5, 5.41) is 26.9. The van der Waals surface area contributed by atoms with Crippen molar-refractivity contribution in [2.45, 2.75) is 6.04 Å². The fourth-order valence-corrected chi connectivity index (χ4v) is 1.86. The molecular formula is C16H13N7O4. The first kappa shape index (κ1) is 19.0. The Morgan fingerprint density at radius 2 is 1.81 bits per heavy atom. The summed E-state index contributed by atoms with van der Waals surface area (Å²) in [5.41, 5.74) is 10.3. The SMILES string of the molecule is N#C[C@H](N=Nc1ccc([N+](=O)[O-])cc1)C(=O)NNC(=O)c1ccccc1N. The third-order valence-electron chi connectivity index (χ3n) is 3.22. The topological polar surface area (TPSA) is 176 Å². The normalized spacial score (nSPS) is 11.4. The number of hydrogen-bond acceptors (Lipinski definition) is 8. The second kappa shape index (κ2) is 8.67. The van der Waals surface area contributed by atoms with Crippen molar-refractivity contribution < 1.29 is 14.5 Å². The lowest BCUT2D eigenvalue weighted by Gasteiger charge is -2.09. The first-order chi connectivity index (χ1) is 12.9. The summed E-state index contributed by atoms with van der Waals surface area (Å²) in [6.45, 7) is 0. The molecule has 0 aliphatic rings. The maximum absolute atomic E-state index is 11.9. The first-order valence-electron chi connectivity index (χ1n) is 7.42. The number of nitro groups is 1. The molecule has 4 N–H and O–H groups in total. The second-order valence-electron chi connectivity index (χ2n) is 5.05. The van der Waals surface area contributed by atoms with Crippen molar-refractivity contribution in [3.63, 3.8) is 0 Å². The Kier molecular flexibility index (Phi) is 6.10. The summed E-state index contributed by atoms with van der Waals surface area (Å²) in [5.74, 6) is -1.57. The number of nitriles is 1. The number of benzene rings is 2. The molecular weight excluding hydrogens is 354 g/mol. The molecule has 2 amide bonds. The summed E-state index contributed by atoms with van der Waals surface area (Å²) in [6.07, 6.45) is 0. The van der Waals surface area contributed by atoms with Crippen LogP contribution in [0.3, 0.4) is 0 Å². The van der Waals surface area contributed by atoms with E-state index in [1.165, 1.54) is 36.4 Å². The fourth-order valence-electron chi connectivity index (χ4n) is 1.86. The minimum Gasteiger partial charge on any atom is -0.398 e. The number of nitro benzene ring substituents is 1. The number of para-hydroxylation sites is 1. The zero-order chi connectivity index (χ0) is 19.8. The highest BCUT2D eigenvalue weighted by Crippen LogP contribution is 2.18. The van der Waals surface area contributed by atoms with Gasteiger partial charge in [0.1, 0.15) is 6.07 Å². The van der Waals surface area contributed by atoms with Crippen LogP contribution in [-0.2, 0) is 4.79 Å². The highest BCUT2D eigenvalue weighted by atomic mass is 16.6. The number of non-ortho nitro benzene ring substituents is 1. The minimum atomic E-state index is -1.53. The molecule has 0 radical (unpaired) electrons. The largest absolute Gasteiger partial charge is 0.398 e. The Morgan fingerprint density at radius 1 is 1.15 bits per heavy atom. The number of nitrogens with zero attached hydrogens (tertiary/aromatic N) is 4. The monoisotopic (exact) mass is 367 g/mol. The number of carbonyl (C=O) groups is 2. The molecule has 0 saturated heterocycles. The molecule has 0 bridgehead atoms. The number of rotatable bonds is 5. The van der Waals surface area contributed by atoms with Gasteiger partial charge in [-0.1, -0.05) is 12.1 Å². The smallest absolute Gasteiger partial charge is 0.279 e. The van der Waals surface area contributed by atoms with E-state index in [0.717, 1.165) is 0 Å². The summed E-state index contributed by atoms with van der Waals surface area (Å²) < 4.78 is 0. The van der Waals surface area contributed by atoms with E-state index in [1.807, 2.05) is 0 Å². The Bertz CT molecular complexity index is 935. The van der Waals surface area contributed by atoms with Crippen LogP contribution in [0.5, 0.6) is 0 Å². The lowest BCUT2D eigenvalue weighted by atomic mass is 10.2. The molecule has 2 rings (SSSR count). The van der Waals surface area contributed by atoms with Crippen LogP contribution in [0.4, 0.5) is 17.1 Å². The van der Waals surface area contributed by atoms with Crippen LogP contribution < -0.4 is 16.6 Å². The molecule has 11 nitrogen and oxygen atoms in total. The average Bonchev–Trinajstić information content (AvgIpc) is 2.67. The Labute approximate surface area is 152 Å². The molecule has 2 aromatic rings. The van der Waals surface area contributed by atoms with Crippen LogP contribution in [0.15, 0.2) is 58.8 Å². The minimum absolute atomic E-state index is 0.133. The van der Waals surface area contributed by atoms with Crippen molar-refractivity contribution >= 4 is 28.9 Å². The van der Waals surface area contributed by atoms with Crippen molar-refractivity contribution in [3.05, 3.63) is 64.2 Å². The standard InChI is InChI=1S/C16H13N7O4/c17-9-14(20-19-10-5-7-11(8-6-10)23(26)27)16(25)22-21-15(24)12-3-1-2-4-13(12)18/h1-8,14H,18H2,(H,21,24)(H,22,25)/t14-/m0/s1. The van der Waals surface area contributed by atoms with Crippen LogP contribution in [0, 0.1) is 21.4 Å². The highest BCUT2D eigenvalue weighted by molar-refractivity contribution is 6.00. The van der Waals surface area contributed by atoms with Gasteiger partial charge in [0.25, 0.3) is 17.5 Å². The zero-order valence-corrected chi connectivity index (χ0v) is 13.7. The first-order valence-corrected chi connectivity index (χ1v) is 7.42. The number of anilines is 1. The summed E-state index contributed by atoms with van der Waals surface area (Å²) in [4.78, 5) is 33.9. The van der Waals surface area contributed by atoms with Crippen LogP contribution in [0.25, 0.3) is 0 Å². The lowest BCUT2D eigenvalue weighted by Crippen LogP contribution is -2.45. The quantitative estimate of drug-likeness (QED) is 0.313. The highest BCUT2D eigenvalue weighted by Gasteiger charge is 2.18. The van der Waals surface area contributed by atoms with E-state index in [0.29, 0.717) is 0 Å². The van der Waals surface area contributed by atoms with Crippen molar-refractivity contribution in [2.75, 3.05) is 5.73 Å². The van der Waals surface area contributed by atoms with Crippen molar-refractivity contribution in [1.82, 2.24) is 10.9 Å². The number of hydrogen-bond donors (Lipinski definition) is 3. The number of amides is 2. The second-order valence-corrected chi connectivity index (χ2v) is 5.05. The van der Waals surface area contributed by atoms with E-state index in [2.05, 4.69) is 21.1 Å². The number of nitrogens with two attached hydrogens (primary N) is 1. The summed E-state index contributed by atoms with van der Waals surface area (Å²) in [6, 6.07) is 11.4.